The van der Waals surface area contributed by atoms with E-state index in [4.69, 9.17) is 4.42 Å². The number of halogens is 1. The lowest BCUT2D eigenvalue weighted by molar-refractivity contribution is -0.132. The average Bonchev–Trinajstić information content (AvgIpc) is 3.24. The molecule has 0 spiro atoms. The molecular weight excluding hydrogens is 393 g/mol. The minimum atomic E-state index is -0.526. The van der Waals surface area contributed by atoms with Crippen LogP contribution in [0.15, 0.2) is 50.5 Å². The van der Waals surface area contributed by atoms with Gasteiger partial charge >= 0.3 is 5.69 Å². The maximum atomic E-state index is 13.1. The first kappa shape index (κ1) is 19.7. The first-order valence-electron chi connectivity index (χ1n) is 9.66. The first-order chi connectivity index (χ1) is 14.5. The number of hydrogen-bond acceptors (Lipinski definition) is 6. The van der Waals surface area contributed by atoms with Crippen molar-refractivity contribution >= 4 is 5.91 Å². The van der Waals surface area contributed by atoms with E-state index in [9.17, 15) is 18.8 Å². The van der Waals surface area contributed by atoms with Gasteiger partial charge in [-0.1, -0.05) is 0 Å². The van der Waals surface area contributed by atoms with E-state index in [1.165, 1.54) is 29.0 Å². The zero-order valence-electron chi connectivity index (χ0n) is 16.1. The van der Waals surface area contributed by atoms with E-state index in [-0.39, 0.29) is 30.6 Å². The number of nitrogens with one attached hydrogen (secondary N) is 1. The van der Waals surface area contributed by atoms with Gasteiger partial charge in [-0.05, 0) is 37.1 Å². The van der Waals surface area contributed by atoms with E-state index in [1.54, 1.807) is 17.0 Å². The minimum Gasteiger partial charge on any atom is -0.420 e. The Kier molecular flexibility index (Phi) is 5.55. The molecule has 0 saturated carbocycles. The fourth-order valence-electron chi connectivity index (χ4n) is 3.48. The SMILES string of the molecule is O=C(CCn1ccc(=O)[nH]c1=O)N1CCC(c2nnc(-c3ccc(F)cc3)o2)CC1. The molecule has 1 amide bonds. The van der Waals surface area contributed by atoms with Crippen molar-refractivity contribution in [3.05, 3.63) is 69.1 Å². The normalized spacial score (nSPS) is 14.8. The van der Waals surface area contributed by atoms with E-state index in [2.05, 4.69) is 15.2 Å². The van der Waals surface area contributed by atoms with Gasteiger partial charge in [0, 0.05) is 49.8 Å². The number of rotatable bonds is 5. The quantitative estimate of drug-likeness (QED) is 0.678. The Morgan fingerprint density at radius 2 is 1.87 bits per heavy atom. The van der Waals surface area contributed by atoms with Crippen molar-refractivity contribution in [2.75, 3.05) is 13.1 Å². The van der Waals surface area contributed by atoms with E-state index in [0.29, 0.717) is 43.3 Å². The number of piperidine rings is 1. The van der Waals surface area contributed by atoms with Gasteiger partial charge in [-0.3, -0.25) is 14.6 Å². The molecule has 0 bridgehead atoms. The standard InChI is InChI=1S/C20H20FN5O4/c21-15-3-1-13(2-4-15)18-23-24-19(30-18)14-5-9-25(10-6-14)17(28)8-12-26-11-7-16(27)22-20(26)29/h1-4,7,11,14H,5-6,8-10,12H2,(H,22,27,29). The monoisotopic (exact) mass is 413 g/mol. The molecule has 30 heavy (non-hydrogen) atoms. The smallest absolute Gasteiger partial charge is 0.328 e. The topological polar surface area (TPSA) is 114 Å². The van der Waals surface area contributed by atoms with Crippen LogP contribution in [-0.4, -0.2) is 43.6 Å². The third-order valence-corrected chi connectivity index (χ3v) is 5.19. The number of carbonyl (C=O) groups excluding carboxylic acids is 1. The Bertz CT molecular complexity index is 1140. The van der Waals surface area contributed by atoms with Crippen molar-refractivity contribution in [2.45, 2.75) is 31.7 Å². The molecule has 1 fully saturated rings. The summed E-state index contributed by atoms with van der Waals surface area (Å²) in [6, 6.07) is 7.10. The lowest BCUT2D eigenvalue weighted by atomic mass is 9.96. The van der Waals surface area contributed by atoms with Crippen LogP contribution in [-0.2, 0) is 11.3 Å². The summed E-state index contributed by atoms with van der Waals surface area (Å²) in [6.45, 7) is 1.32. The number of likely N-dealkylation sites (tertiary alicyclic amines) is 1. The summed E-state index contributed by atoms with van der Waals surface area (Å²) in [5.74, 6) is 0.527. The lowest BCUT2D eigenvalue weighted by Gasteiger charge is -2.30. The van der Waals surface area contributed by atoms with Crippen LogP contribution in [0.5, 0.6) is 0 Å². The number of benzene rings is 1. The van der Waals surface area contributed by atoms with Crippen LogP contribution in [0.4, 0.5) is 4.39 Å². The van der Waals surface area contributed by atoms with Crippen LogP contribution in [0.1, 0.15) is 31.1 Å². The van der Waals surface area contributed by atoms with Gasteiger partial charge in [0.05, 0.1) is 0 Å². The van der Waals surface area contributed by atoms with Crippen LogP contribution in [0, 0.1) is 5.82 Å². The van der Waals surface area contributed by atoms with Crippen LogP contribution < -0.4 is 11.2 Å². The van der Waals surface area contributed by atoms with Gasteiger partial charge in [-0.15, -0.1) is 10.2 Å². The van der Waals surface area contributed by atoms with E-state index >= 15 is 0 Å². The summed E-state index contributed by atoms with van der Waals surface area (Å²) < 4.78 is 20.1. The van der Waals surface area contributed by atoms with Crippen molar-refractivity contribution in [3.8, 4) is 11.5 Å². The predicted molar refractivity (Wildman–Crippen MR) is 104 cm³/mol. The van der Waals surface area contributed by atoms with Crippen LogP contribution in [0.25, 0.3) is 11.5 Å². The molecule has 3 heterocycles. The van der Waals surface area contributed by atoms with Crippen LogP contribution >= 0.6 is 0 Å². The number of H-pyrrole nitrogens is 1. The lowest BCUT2D eigenvalue weighted by Crippen LogP contribution is -2.39. The second kappa shape index (κ2) is 8.44. The number of aryl methyl sites for hydroxylation is 1. The number of aromatic nitrogens is 4. The van der Waals surface area contributed by atoms with Gasteiger partial charge in [0.1, 0.15) is 5.82 Å². The first-order valence-corrected chi connectivity index (χ1v) is 9.66. The van der Waals surface area contributed by atoms with Gasteiger partial charge in [0.15, 0.2) is 0 Å². The molecule has 10 heteroatoms. The molecule has 1 N–H and O–H groups in total. The third-order valence-electron chi connectivity index (χ3n) is 5.19. The molecule has 156 valence electrons. The summed E-state index contributed by atoms with van der Waals surface area (Å²) in [5.41, 5.74) is -0.337. The van der Waals surface area contributed by atoms with Gasteiger partial charge in [0.2, 0.25) is 17.7 Å². The van der Waals surface area contributed by atoms with Crippen molar-refractivity contribution in [1.29, 1.82) is 0 Å². The summed E-state index contributed by atoms with van der Waals surface area (Å²) >= 11 is 0. The van der Waals surface area contributed by atoms with Gasteiger partial charge in [0.25, 0.3) is 5.56 Å². The fraction of sp³-hybridized carbons (Fsp3) is 0.350. The highest BCUT2D eigenvalue weighted by molar-refractivity contribution is 5.76. The molecule has 0 unspecified atom stereocenters. The highest BCUT2D eigenvalue weighted by Crippen LogP contribution is 2.29. The Balaban J connectivity index is 1.31. The molecule has 0 radical (unpaired) electrons. The molecule has 9 nitrogen and oxygen atoms in total. The Hall–Kier alpha value is -3.56. The van der Waals surface area contributed by atoms with Crippen molar-refractivity contribution in [1.82, 2.24) is 24.6 Å². The van der Waals surface area contributed by atoms with Gasteiger partial charge in [-0.2, -0.15) is 0 Å². The van der Waals surface area contributed by atoms with Crippen LogP contribution in [0.3, 0.4) is 0 Å². The predicted octanol–water partition coefficient (Wildman–Crippen LogP) is 1.52. The summed E-state index contributed by atoms with van der Waals surface area (Å²) in [7, 11) is 0. The molecular formula is C20H20FN5O4. The Morgan fingerprint density at radius 3 is 2.57 bits per heavy atom. The molecule has 1 aromatic carbocycles. The van der Waals surface area contributed by atoms with E-state index in [1.807, 2.05) is 0 Å². The molecule has 2 aromatic heterocycles. The van der Waals surface area contributed by atoms with E-state index in [0.717, 1.165) is 0 Å². The molecule has 1 aliphatic heterocycles. The summed E-state index contributed by atoms with van der Waals surface area (Å²) in [6.07, 6.45) is 2.94. The number of aromatic amines is 1. The molecule has 4 rings (SSSR count). The zero-order chi connectivity index (χ0) is 21.1. The number of carbonyl (C=O) groups is 1. The van der Waals surface area contributed by atoms with Gasteiger partial charge in [-0.25, -0.2) is 9.18 Å². The molecule has 0 atom stereocenters. The molecule has 3 aromatic rings. The second-order valence-corrected chi connectivity index (χ2v) is 7.16. The fourth-order valence-corrected chi connectivity index (χ4v) is 3.48. The van der Waals surface area contributed by atoms with Crippen LogP contribution in [0.2, 0.25) is 0 Å². The third kappa shape index (κ3) is 4.37. The van der Waals surface area contributed by atoms with E-state index < -0.39 is 11.2 Å². The second-order valence-electron chi connectivity index (χ2n) is 7.16. The Labute approximate surface area is 170 Å². The number of hydrogen-bond donors (Lipinski definition) is 1. The number of amides is 1. The molecule has 1 saturated heterocycles. The zero-order valence-corrected chi connectivity index (χ0v) is 16.1. The van der Waals surface area contributed by atoms with Crippen molar-refractivity contribution < 1.29 is 13.6 Å². The minimum absolute atomic E-state index is 0.0518. The highest BCUT2D eigenvalue weighted by atomic mass is 19.1. The number of nitrogens with zero attached hydrogens (tertiary/aromatic N) is 4. The summed E-state index contributed by atoms with van der Waals surface area (Å²) in [4.78, 5) is 39.2. The van der Waals surface area contributed by atoms with Crippen molar-refractivity contribution in [3.63, 3.8) is 0 Å². The molecule has 0 aliphatic carbocycles. The van der Waals surface area contributed by atoms with Crippen molar-refractivity contribution in [2.24, 2.45) is 0 Å². The van der Waals surface area contributed by atoms with Gasteiger partial charge < -0.3 is 13.9 Å². The maximum Gasteiger partial charge on any atom is 0.328 e. The largest absolute Gasteiger partial charge is 0.420 e. The Morgan fingerprint density at radius 1 is 1.13 bits per heavy atom. The summed E-state index contributed by atoms with van der Waals surface area (Å²) in [5, 5.41) is 8.17. The molecule has 1 aliphatic rings. The average molecular weight is 413 g/mol. The highest BCUT2D eigenvalue weighted by Gasteiger charge is 2.27. The maximum absolute atomic E-state index is 13.1.